The number of nitrogens with zero attached hydrogens (tertiary/aromatic N) is 1. The van der Waals surface area contributed by atoms with Crippen molar-refractivity contribution in [1.82, 2.24) is 4.90 Å². The molecule has 1 amide bonds. The van der Waals surface area contributed by atoms with Crippen LogP contribution in [-0.4, -0.2) is 29.9 Å². The molecule has 1 heterocycles. The van der Waals surface area contributed by atoms with E-state index in [0.717, 1.165) is 25.0 Å². The van der Waals surface area contributed by atoms with Gasteiger partial charge in [0.1, 0.15) is 0 Å². The third kappa shape index (κ3) is 3.32. The molecule has 0 saturated carbocycles. The summed E-state index contributed by atoms with van der Waals surface area (Å²) in [6, 6.07) is 0. The van der Waals surface area contributed by atoms with Gasteiger partial charge < -0.3 is 9.64 Å². The Morgan fingerprint density at radius 2 is 2.06 bits per heavy atom. The van der Waals surface area contributed by atoms with E-state index in [1.165, 1.54) is 0 Å². The lowest BCUT2D eigenvalue weighted by molar-refractivity contribution is -0.139. The van der Waals surface area contributed by atoms with Crippen LogP contribution in [0.3, 0.4) is 0 Å². The Balaban J connectivity index is 2.66. The molecule has 0 atom stereocenters. The number of ether oxygens (including phenoxy) is 1. The first-order valence-electron chi connectivity index (χ1n) is 6.29. The molecule has 0 aromatic carbocycles. The number of carbonyl (C=O) groups excluding carboxylic acids is 2. The smallest absolute Gasteiger partial charge is 0.336 e. The van der Waals surface area contributed by atoms with Gasteiger partial charge in [0.05, 0.1) is 18.6 Å². The highest BCUT2D eigenvalue weighted by Gasteiger charge is 2.31. The summed E-state index contributed by atoms with van der Waals surface area (Å²) >= 11 is 0. The van der Waals surface area contributed by atoms with E-state index in [1.54, 1.807) is 11.8 Å². The van der Waals surface area contributed by atoms with Crippen LogP contribution in [0.25, 0.3) is 0 Å². The molecule has 1 aliphatic rings. The normalized spacial score (nSPS) is 15.7. The largest absolute Gasteiger partial charge is 0.463 e. The van der Waals surface area contributed by atoms with E-state index >= 15 is 0 Å². The van der Waals surface area contributed by atoms with E-state index in [1.807, 2.05) is 6.92 Å². The van der Waals surface area contributed by atoms with Crippen molar-refractivity contribution in [2.75, 3.05) is 13.2 Å². The van der Waals surface area contributed by atoms with Gasteiger partial charge in [-0.2, -0.15) is 0 Å². The maximum atomic E-state index is 11.8. The summed E-state index contributed by atoms with van der Waals surface area (Å²) in [4.78, 5) is 25.1. The van der Waals surface area contributed by atoms with E-state index < -0.39 is 0 Å². The van der Waals surface area contributed by atoms with E-state index in [0.29, 0.717) is 18.7 Å². The number of unbranched alkanes of at least 4 members (excludes halogenated alkanes) is 2. The Morgan fingerprint density at radius 3 is 2.65 bits per heavy atom. The summed E-state index contributed by atoms with van der Waals surface area (Å²) in [5.74, 6) is -0.335. The van der Waals surface area contributed by atoms with Gasteiger partial charge in [0.25, 0.3) is 0 Å². The van der Waals surface area contributed by atoms with Crippen molar-refractivity contribution in [2.45, 2.75) is 46.5 Å². The number of amides is 1. The second-order valence-corrected chi connectivity index (χ2v) is 4.21. The molecule has 17 heavy (non-hydrogen) atoms. The first-order chi connectivity index (χ1) is 8.11. The molecule has 0 radical (unpaired) electrons. The van der Waals surface area contributed by atoms with Crippen LogP contribution < -0.4 is 0 Å². The van der Waals surface area contributed by atoms with Crippen molar-refractivity contribution in [3.63, 3.8) is 0 Å². The Morgan fingerprint density at radius 1 is 1.35 bits per heavy atom. The molecule has 0 unspecified atom stereocenters. The Hall–Kier alpha value is -1.32. The predicted molar refractivity (Wildman–Crippen MR) is 65.2 cm³/mol. The average Bonchev–Trinajstić information content (AvgIpc) is 2.57. The van der Waals surface area contributed by atoms with Gasteiger partial charge in [0.15, 0.2) is 0 Å². The second-order valence-electron chi connectivity index (χ2n) is 4.21. The predicted octanol–water partition coefficient (Wildman–Crippen LogP) is 2.25. The van der Waals surface area contributed by atoms with Crippen molar-refractivity contribution in [2.24, 2.45) is 0 Å². The van der Waals surface area contributed by atoms with Crippen molar-refractivity contribution in [3.8, 4) is 0 Å². The fourth-order valence-electron chi connectivity index (χ4n) is 1.97. The van der Waals surface area contributed by atoms with Gasteiger partial charge in [0, 0.05) is 12.2 Å². The lowest BCUT2D eigenvalue weighted by Crippen LogP contribution is -2.25. The number of hydrogen-bond acceptors (Lipinski definition) is 3. The number of rotatable bonds is 6. The van der Waals surface area contributed by atoms with Crippen LogP contribution >= 0.6 is 0 Å². The zero-order valence-electron chi connectivity index (χ0n) is 10.9. The Bertz CT molecular complexity index is 334. The third-order valence-corrected chi connectivity index (χ3v) is 2.98. The molecule has 0 saturated heterocycles. The molecule has 0 bridgehead atoms. The van der Waals surface area contributed by atoms with Crippen LogP contribution in [-0.2, 0) is 14.3 Å². The molecule has 0 aromatic heterocycles. The minimum atomic E-state index is -0.351. The van der Waals surface area contributed by atoms with E-state index in [2.05, 4.69) is 6.92 Å². The highest BCUT2D eigenvalue weighted by molar-refractivity contribution is 6.00. The summed E-state index contributed by atoms with van der Waals surface area (Å²) in [5, 5.41) is 0. The molecule has 0 spiro atoms. The highest BCUT2D eigenvalue weighted by atomic mass is 16.5. The quantitative estimate of drug-likeness (QED) is 0.527. The van der Waals surface area contributed by atoms with E-state index in [9.17, 15) is 9.59 Å². The fraction of sp³-hybridized carbons (Fsp3) is 0.692. The summed E-state index contributed by atoms with van der Waals surface area (Å²) in [7, 11) is 0. The van der Waals surface area contributed by atoms with Gasteiger partial charge in [-0.25, -0.2) is 4.79 Å². The third-order valence-electron chi connectivity index (χ3n) is 2.98. The van der Waals surface area contributed by atoms with Gasteiger partial charge in [-0.05, 0) is 20.3 Å². The Kier molecular flexibility index (Phi) is 5.19. The molecular weight excluding hydrogens is 218 g/mol. The van der Waals surface area contributed by atoms with Gasteiger partial charge in [-0.15, -0.1) is 0 Å². The van der Waals surface area contributed by atoms with Crippen molar-refractivity contribution >= 4 is 11.9 Å². The SMILES string of the molecule is CCCCCN1C(=O)CC(C(=O)OCC)=C1C. The van der Waals surface area contributed by atoms with E-state index in [-0.39, 0.29) is 18.3 Å². The standard InChI is InChI=1S/C13H21NO3/c1-4-6-7-8-14-10(3)11(9-12(14)15)13(16)17-5-2/h4-9H2,1-3H3. The second kappa shape index (κ2) is 6.42. The molecule has 4 heteroatoms. The lowest BCUT2D eigenvalue weighted by Gasteiger charge is -2.17. The van der Waals surface area contributed by atoms with Crippen LogP contribution in [0, 0.1) is 0 Å². The first kappa shape index (κ1) is 13.7. The van der Waals surface area contributed by atoms with Crippen LogP contribution in [0.4, 0.5) is 0 Å². The van der Waals surface area contributed by atoms with Crippen molar-refractivity contribution in [3.05, 3.63) is 11.3 Å². The topological polar surface area (TPSA) is 46.6 Å². The molecule has 1 aliphatic heterocycles. The number of carbonyl (C=O) groups is 2. The molecule has 0 aliphatic carbocycles. The number of esters is 1. The van der Waals surface area contributed by atoms with Gasteiger partial charge in [-0.3, -0.25) is 4.79 Å². The number of allylic oxidation sites excluding steroid dienone is 1. The molecule has 4 nitrogen and oxygen atoms in total. The van der Waals surface area contributed by atoms with Crippen LogP contribution in [0.2, 0.25) is 0 Å². The summed E-state index contributed by atoms with van der Waals surface area (Å²) in [6.07, 6.45) is 3.40. The van der Waals surface area contributed by atoms with Gasteiger partial charge in [-0.1, -0.05) is 19.8 Å². The monoisotopic (exact) mass is 239 g/mol. The molecule has 1 rings (SSSR count). The van der Waals surface area contributed by atoms with Crippen LogP contribution in [0.1, 0.15) is 46.5 Å². The summed E-state index contributed by atoms with van der Waals surface area (Å²) in [5.41, 5.74) is 1.29. The maximum absolute atomic E-state index is 11.8. The molecule has 0 N–H and O–H groups in total. The summed E-state index contributed by atoms with van der Waals surface area (Å²) in [6.45, 7) is 6.77. The average molecular weight is 239 g/mol. The lowest BCUT2D eigenvalue weighted by atomic mass is 10.2. The molecule has 96 valence electrons. The Labute approximate surface area is 103 Å². The van der Waals surface area contributed by atoms with Gasteiger partial charge >= 0.3 is 5.97 Å². The van der Waals surface area contributed by atoms with Crippen LogP contribution in [0.5, 0.6) is 0 Å². The van der Waals surface area contributed by atoms with Crippen molar-refractivity contribution < 1.29 is 14.3 Å². The fourth-order valence-corrected chi connectivity index (χ4v) is 1.97. The zero-order chi connectivity index (χ0) is 12.8. The number of hydrogen-bond donors (Lipinski definition) is 0. The first-order valence-corrected chi connectivity index (χ1v) is 6.29. The molecule has 0 aromatic rings. The van der Waals surface area contributed by atoms with E-state index in [4.69, 9.17) is 4.74 Å². The minimum absolute atomic E-state index is 0.0154. The zero-order valence-corrected chi connectivity index (χ0v) is 10.9. The maximum Gasteiger partial charge on any atom is 0.336 e. The van der Waals surface area contributed by atoms with Gasteiger partial charge in [0.2, 0.25) is 5.91 Å². The molecule has 0 fully saturated rings. The molecular formula is C13H21NO3. The minimum Gasteiger partial charge on any atom is -0.463 e. The highest BCUT2D eigenvalue weighted by Crippen LogP contribution is 2.25. The van der Waals surface area contributed by atoms with Crippen LogP contribution in [0.15, 0.2) is 11.3 Å². The van der Waals surface area contributed by atoms with Crippen molar-refractivity contribution in [1.29, 1.82) is 0 Å². The summed E-state index contributed by atoms with van der Waals surface area (Å²) < 4.78 is 4.94.